The molecule has 0 aromatic heterocycles. The summed E-state index contributed by atoms with van der Waals surface area (Å²) in [7, 11) is -12.2. The van der Waals surface area contributed by atoms with Crippen molar-refractivity contribution in [1.82, 2.24) is 0 Å². The first-order chi connectivity index (χ1) is 15.0. The Bertz CT molecular complexity index is 1250. The third kappa shape index (κ3) is 3.48. The van der Waals surface area contributed by atoms with Crippen molar-refractivity contribution < 1.29 is 56.3 Å². The molecular weight excluding hydrogens is 506 g/mol. The van der Waals surface area contributed by atoms with E-state index in [9.17, 15) is 43.2 Å². The van der Waals surface area contributed by atoms with Crippen molar-refractivity contribution in [3.05, 3.63) is 53.1 Å². The molecule has 1 unspecified atom stereocenters. The highest BCUT2D eigenvalue weighted by Gasteiger charge is 2.58. The maximum atomic E-state index is 12.9. The molecule has 15 heteroatoms. The van der Waals surface area contributed by atoms with E-state index < -0.39 is 54.3 Å². The molecule has 2 aromatic carbocycles. The molecule has 0 amide bonds. The van der Waals surface area contributed by atoms with Gasteiger partial charge in [-0.15, -0.1) is 0 Å². The van der Waals surface area contributed by atoms with Gasteiger partial charge in [-0.05, 0) is 30.7 Å². The van der Waals surface area contributed by atoms with Gasteiger partial charge in [-0.3, -0.25) is 0 Å². The molecule has 2 aliphatic rings. The molecule has 0 fully saturated rings. The highest BCUT2D eigenvalue weighted by molar-refractivity contribution is 7.88. The smallest absolute Gasteiger partial charge is 0.488 e. The lowest BCUT2D eigenvalue weighted by molar-refractivity contribution is -0.0504. The minimum absolute atomic E-state index is 0.0231. The van der Waals surface area contributed by atoms with E-state index in [1.165, 1.54) is 31.2 Å². The predicted octanol–water partition coefficient (Wildman–Crippen LogP) is 3.77. The van der Waals surface area contributed by atoms with Crippen molar-refractivity contribution in [2.45, 2.75) is 35.9 Å². The van der Waals surface area contributed by atoms with E-state index in [1.807, 2.05) is 0 Å². The van der Waals surface area contributed by atoms with Crippen LogP contribution in [0, 0.1) is 0 Å². The number of benzene rings is 2. The van der Waals surface area contributed by atoms with Crippen LogP contribution in [-0.2, 0) is 32.1 Å². The topological polar surface area (TPSA) is 96.0 Å². The molecule has 0 saturated carbocycles. The second kappa shape index (κ2) is 6.91. The fraction of sp³-hybridized carbons (Fsp3) is 0.333. The van der Waals surface area contributed by atoms with Crippen molar-refractivity contribution in [2.75, 3.05) is 0 Å². The summed E-state index contributed by atoms with van der Waals surface area (Å²) in [4.78, 5) is 0. The van der Waals surface area contributed by atoms with Crippen molar-refractivity contribution in [2.24, 2.45) is 0 Å². The minimum atomic E-state index is -6.09. The molecule has 1 aliphatic heterocycles. The Kier molecular flexibility index (Phi) is 4.92. The number of rotatable bonds is 4. The van der Waals surface area contributed by atoms with Crippen molar-refractivity contribution in [3.63, 3.8) is 0 Å². The first-order valence-corrected chi connectivity index (χ1v) is 11.7. The zero-order valence-electron chi connectivity index (χ0n) is 16.2. The number of hydrogen-bond donors (Lipinski definition) is 0. The molecule has 33 heavy (non-hydrogen) atoms. The number of fused-ring (bicyclic) bond motifs is 5. The molecule has 0 N–H and O–H groups in total. The standard InChI is InChI=1S/C18H12F6O7S2/c1-16-13(8-9-4-2-6-11(14(9)16)30-32(25,26)17(19,20)21)29-10-5-3-7-12(15(10)16)31-33(27,28)18(22,23)24/h2-7,13H,8H2,1H3/t13?,16-/m0/s1. The van der Waals surface area contributed by atoms with E-state index in [1.54, 1.807) is 0 Å². The minimum Gasteiger partial charge on any atom is -0.488 e. The lowest BCUT2D eigenvalue weighted by atomic mass is 9.76. The van der Waals surface area contributed by atoms with E-state index in [0.717, 1.165) is 12.1 Å². The quantitative estimate of drug-likeness (QED) is 0.346. The van der Waals surface area contributed by atoms with Crippen LogP contribution < -0.4 is 13.1 Å². The van der Waals surface area contributed by atoms with E-state index in [2.05, 4.69) is 8.37 Å². The lowest BCUT2D eigenvalue weighted by Crippen LogP contribution is -2.35. The summed E-state index contributed by atoms with van der Waals surface area (Å²) in [6.07, 6.45) is -0.894. The Morgan fingerprint density at radius 3 is 1.85 bits per heavy atom. The largest absolute Gasteiger partial charge is 0.534 e. The van der Waals surface area contributed by atoms with Gasteiger partial charge in [0.2, 0.25) is 0 Å². The van der Waals surface area contributed by atoms with Crippen LogP contribution in [0.1, 0.15) is 23.6 Å². The summed E-state index contributed by atoms with van der Waals surface area (Å²) in [5.74, 6) is -1.56. The van der Waals surface area contributed by atoms with Gasteiger partial charge in [0.25, 0.3) is 0 Å². The van der Waals surface area contributed by atoms with Crippen LogP contribution in [0.3, 0.4) is 0 Å². The fourth-order valence-corrected chi connectivity index (χ4v) is 5.03. The van der Waals surface area contributed by atoms with E-state index in [-0.39, 0.29) is 23.3 Å². The lowest BCUT2D eigenvalue weighted by Gasteiger charge is -2.27. The monoisotopic (exact) mass is 518 g/mol. The van der Waals surface area contributed by atoms with E-state index in [0.29, 0.717) is 5.56 Å². The normalized spacial score (nSPS) is 22.2. The molecule has 0 spiro atoms. The van der Waals surface area contributed by atoms with Gasteiger partial charge in [0, 0.05) is 12.0 Å². The maximum Gasteiger partial charge on any atom is 0.534 e. The van der Waals surface area contributed by atoms with Crippen LogP contribution in [0.5, 0.6) is 17.2 Å². The van der Waals surface area contributed by atoms with Gasteiger partial charge >= 0.3 is 31.3 Å². The SMILES string of the molecule is C[C@@]12c3c(cccc3OS(=O)(=O)C(F)(F)F)CC1Oc1cccc(OS(=O)(=O)C(F)(F)F)c12. The third-order valence-corrected chi connectivity index (χ3v) is 7.36. The molecule has 0 saturated heterocycles. The number of ether oxygens (including phenoxy) is 1. The second-order valence-corrected chi connectivity index (χ2v) is 10.5. The first-order valence-electron chi connectivity index (χ1n) is 8.93. The molecule has 0 bridgehead atoms. The summed E-state index contributed by atoms with van der Waals surface area (Å²) >= 11 is 0. The van der Waals surface area contributed by atoms with E-state index in [4.69, 9.17) is 4.74 Å². The highest BCUT2D eigenvalue weighted by Crippen LogP contribution is 2.59. The average molecular weight is 518 g/mol. The van der Waals surface area contributed by atoms with Gasteiger partial charge in [-0.25, -0.2) is 0 Å². The zero-order valence-corrected chi connectivity index (χ0v) is 17.8. The van der Waals surface area contributed by atoms with Gasteiger partial charge in [0.05, 0.1) is 11.0 Å². The Labute approximate surface area is 183 Å². The van der Waals surface area contributed by atoms with Crippen molar-refractivity contribution in [1.29, 1.82) is 0 Å². The van der Waals surface area contributed by atoms with Gasteiger partial charge < -0.3 is 13.1 Å². The van der Waals surface area contributed by atoms with Crippen LogP contribution in [0.4, 0.5) is 26.3 Å². The van der Waals surface area contributed by atoms with Gasteiger partial charge in [0.15, 0.2) is 5.75 Å². The van der Waals surface area contributed by atoms with Crippen LogP contribution >= 0.6 is 0 Å². The second-order valence-electron chi connectivity index (χ2n) is 7.40. The maximum absolute atomic E-state index is 12.9. The summed E-state index contributed by atoms with van der Waals surface area (Å²) in [6.45, 7) is 1.36. The zero-order chi connectivity index (χ0) is 24.6. The molecule has 1 aliphatic carbocycles. The molecule has 0 radical (unpaired) electrons. The number of alkyl halides is 6. The Morgan fingerprint density at radius 1 is 0.848 bits per heavy atom. The van der Waals surface area contributed by atoms with Crippen molar-refractivity contribution >= 4 is 20.2 Å². The van der Waals surface area contributed by atoms with Crippen LogP contribution in [0.25, 0.3) is 0 Å². The summed E-state index contributed by atoms with van der Waals surface area (Å²) in [5, 5.41) is 0. The van der Waals surface area contributed by atoms with Gasteiger partial charge in [0.1, 0.15) is 17.6 Å². The molecule has 180 valence electrons. The van der Waals surface area contributed by atoms with E-state index >= 15 is 0 Å². The first kappa shape index (κ1) is 23.5. The Balaban J connectivity index is 1.90. The molecule has 2 aromatic rings. The molecule has 1 heterocycles. The summed E-state index contributed by atoms with van der Waals surface area (Å²) < 4.78 is 138. The molecule has 4 rings (SSSR count). The van der Waals surface area contributed by atoms with Crippen LogP contribution in [0.15, 0.2) is 36.4 Å². The highest BCUT2D eigenvalue weighted by atomic mass is 32.2. The molecule has 7 nitrogen and oxygen atoms in total. The molecular formula is C18H12F6O7S2. The van der Waals surface area contributed by atoms with Crippen LogP contribution in [0.2, 0.25) is 0 Å². The molecule has 2 atom stereocenters. The number of hydrogen-bond acceptors (Lipinski definition) is 7. The third-order valence-electron chi connectivity index (χ3n) is 5.42. The summed E-state index contributed by atoms with van der Waals surface area (Å²) in [6, 6.07) is 7.03. The average Bonchev–Trinajstić information content (AvgIpc) is 3.08. The Hall–Kier alpha value is -2.68. The summed E-state index contributed by atoms with van der Waals surface area (Å²) in [5.41, 5.74) is -13.1. The number of halogens is 6. The Morgan fingerprint density at radius 2 is 1.33 bits per heavy atom. The van der Waals surface area contributed by atoms with Crippen LogP contribution in [-0.4, -0.2) is 34.0 Å². The predicted molar refractivity (Wildman–Crippen MR) is 98.7 cm³/mol. The van der Waals surface area contributed by atoms with Gasteiger partial charge in [-0.2, -0.15) is 43.2 Å². The fourth-order valence-electron chi connectivity index (χ4n) is 4.09. The van der Waals surface area contributed by atoms with Crippen molar-refractivity contribution in [3.8, 4) is 17.2 Å². The van der Waals surface area contributed by atoms with Gasteiger partial charge in [-0.1, -0.05) is 18.2 Å².